The van der Waals surface area contributed by atoms with Gasteiger partial charge in [0.05, 0.1) is 11.2 Å². The summed E-state index contributed by atoms with van der Waals surface area (Å²) in [4.78, 5) is 0. The molecule has 32 heavy (non-hydrogen) atoms. The largest absolute Gasteiger partial charge is 0.387 e. The molecule has 2 fully saturated rings. The lowest BCUT2D eigenvalue weighted by molar-refractivity contribution is -0.214. The fourth-order valence-electron chi connectivity index (χ4n) is 7.48. The normalized spacial score (nSPS) is 33.0. The van der Waals surface area contributed by atoms with Gasteiger partial charge in [-0.25, -0.2) is 0 Å². The predicted molar refractivity (Wildman–Crippen MR) is 139 cm³/mol. The molecule has 2 rings (SSSR count). The van der Waals surface area contributed by atoms with Gasteiger partial charge in [0.1, 0.15) is 0 Å². The van der Waals surface area contributed by atoms with E-state index in [1.165, 1.54) is 64.2 Å². The van der Waals surface area contributed by atoms with E-state index in [4.69, 9.17) is 0 Å². The second-order valence-corrected chi connectivity index (χ2v) is 11.8. The first-order valence-electron chi connectivity index (χ1n) is 13.9. The van der Waals surface area contributed by atoms with Crippen molar-refractivity contribution in [1.82, 2.24) is 0 Å². The molecule has 0 aromatic carbocycles. The molecule has 2 heteroatoms. The topological polar surface area (TPSA) is 40.5 Å². The Bertz CT molecular complexity index is 581. The standard InChI is InChI=1S/C30H54O2/c1-6-8-10-12-14-16-18-20-23-29(31)26-22-25-28(5,27(26,3)4)30(29,32)24-21-19-17-15-13-11-9-7-2/h6-7,26,31-32H,1-2,8-25H2,3-5H3/t26-,28-,29-,30-/m0/s1. The molecule has 0 aromatic heterocycles. The highest BCUT2D eigenvalue weighted by Gasteiger charge is 2.78. The third-order valence-corrected chi connectivity index (χ3v) is 9.84. The molecule has 0 radical (unpaired) electrons. The van der Waals surface area contributed by atoms with Gasteiger partial charge in [0, 0.05) is 5.41 Å². The van der Waals surface area contributed by atoms with Crippen LogP contribution >= 0.6 is 0 Å². The SMILES string of the molecule is C=CCCCCCCCC[C@]1(O)[C@@]2(C)CC[C@@H](C2(C)C)[C@@]1(O)CCCCCCCCC=C. The van der Waals surface area contributed by atoms with Gasteiger partial charge < -0.3 is 10.2 Å². The van der Waals surface area contributed by atoms with Crippen molar-refractivity contribution in [3.05, 3.63) is 25.3 Å². The maximum Gasteiger partial charge on any atom is 0.0994 e. The fraction of sp³-hybridized carbons (Fsp3) is 0.867. The molecule has 0 unspecified atom stereocenters. The summed E-state index contributed by atoms with van der Waals surface area (Å²) in [6, 6.07) is 0. The van der Waals surface area contributed by atoms with Crippen molar-refractivity contribution in [3.63, 3.8) is 0 Å². The average Bonchev–Trinajstić information content (AvgIpc) is 3.05. The Balaban J connectivity index is 1.90. The van der Waals surface area contributed by atoms with Gasteiger partial charge in [-0.15, -0.1) is 13.2 Å². The molecule has 2 nitrogen and oxygen atoms in total. The van der Waals surface area contributed by atoms with Crippen LogP contribution in [-0.4, -0.2) is 21.4 Å². The van der Waals surface area contributed by atoms with Gasteiger partial charge in [-0.1, -0.05) is 97.1 Å². The van der Waals surface area contributed by atoms with Crippen LogP contribution in [0.1, 0.15) is 136 Å². The summed E-state index contributed by atoms with van der Waals surface area (Å²) in [6.07, 6.45) is 24.4. The molecule has 0 spiro atoms. The molecule has 2 bridgehead atoms. The first-order valence-corrected chi connectivity index (χ1v) is 13.9. The second kappa shape index (κ2) is 12.2. The van der Waals surface area contributed by atoms with Crippen LogP contribution in [0.15, 0.2) is 25.3 Å². The quantitative estimate of drug-likeness (QED) is 0.164. The molecule has 0 saturated heterocycles. The Kier molecular flexibility index (Phi) is 10.5. The molecule has 0 aromatic rings. The van der Waals surface area contributed by atoms with Crippen LogP contribution in [0.2, 0.25) is 0 Å². The van der Waals surface area contributed by atoms with Crippen LogP contribution in [0, 0.1) is 16.7 Å². The number of rotatable bonds is 18. The zero-order valence-electron chi connectivity index (χ0n) is 21.8. The summed E-state index contributed by atoms with van der Waals surface area (Å²) < 4.78 is 0. The van der Waals surface area contributed by atoms with Crippen molar-refractivity contribution < 1.29 is 10.2 Å². The van der Waals surface area contributed by atoms with Crippen LogP contribution in [0.3, 0.4) is 0 Å². The lowest BCUT2D eigenvalue weighted by Gasteiger charge is -2.52. The minimum absolute atomic E-state index is 0.00806. The summed E-state index contributed by atoms with van der Waals surface area (Å²) in [5.41, 5.74) is -2.06. The van der Waals surface area contributed by atoms with E-state index in [0.29, 0.717) is 0 Å². The van der Waals surface area contributed by atoms with Gasteiger partial charge in [0.25, 0.3) is 0 Å². The van der Waals surface area contributed by atoms with E-state index in [0.717, 1.165) is 51.4 Å². The van der Waals surface area contributed by atoms with Crippen LogP contribution in [0.5, 0.6) is 0 Å². The minimum atomic E-state index is -0.945. The summed E-state index contributed by atoms with van der Waals surface area (Å²) in [5.74, 6) is 0.219. The highest BCUT2D eigenvalue weighted by Crippen LogP contribution is 2.75. The molecule has 186 valence electrons. The van der Waals surface area contributed by atoms with E-state index in [2.05, 4.69) is 33.9 Å². The van der Waals surface area contributed by atoms with E-state index in [-0.39, 0.29) is 16.7 Å². The van der Waals surface area contributed by atoms with Crippen LogP contribution in [-0.2, 0) is 0 Å². The van der Waals surface area contributed by atoms with Gasteiger partial charge in [-0.2, -0.15) is 0 Å². The lowest BCUT2D eigenvalue weighted by atomic mass is 9.59. The number of hydrogen-bond acceptors (Lipinski definition) is 2. The zero-order valence-corrected chi connectivity index (χ0v) is 21.8. The fourth-order valence-corrected chi connectivity index (χ4v) is 7.48. The van der Waals surface area contributed by atoms with Gasteiger partial charge in [0.15, 0.2) is 0 Å². The smallest absolute Gasteiger partial charge is 0.0994 e. The van der Waals surface area contributed by atoms with Gasteiger partial charge >= 0.3 is 0 Å². The molecule has 2 aliphatic carbocycles. The Labute approximate surface area is 200 Å². The lowest BCUT2D eigenvalue weighted by Crippen LogP contribution is -2.61. The maximum atomic E-state index is 12.2. The molecule has 2 saturated carbocycles. The molecule has 4 atom stereocenters. The van der Waals surface area contributed by atoms with E-state index in [9.17, 15) is 10.2 Å². The van der Waals surface area contributed by atoms with Gasteiger partial charge in [0.2, 0.25) is 0 Å². The molecule has 2 N–H and O–H groups in total. The number of aliphatic hydroxyl groups is 2. The van der Waals surface area contributed by atoms with Crippen molar-refractivity contribution >= 4 is 0 Å². The molecule has 0 amide bonds. The van der Waals surface area contributed by atoms with E-state index in [1.807, 2.05) is 12.2 Å². The molecule has 0 heterocycles. The third kappa shape index (κ3) is 5.38. The number of fused-ring (bicyclic) bond motifs is 2. The molecular formula is C30H54O2. The summed E-state index contributed by atoms with van der Waals surface area (Å²) in [5, 5.41) is 24.3. The van der Waals surface area contributed by atoms with E-state index >= 15 is 0 Å². The number of unbranched alkanes of at least 4 members (excludes halogenated alkanes) is 12. The van der Waals surface area contributed by atoms with Crippen molar-refractivity contribution in [2.24, 2.45) is 16.7 Å². The molecule has 0 aliphatic heterocycles. The minimum Gasteiger partial charge on any atom is -0.387 e. The Hall–Kier alpha value is -0.600. The van der Waals surface area contributed by atoms with E-state index in [1.54, 1.807) is 0 Å². The first kappa shape index (κ1) is 27.6. The van der Waals surface area contributed by atoms with Crippen molar-refractivity contribution in [2.45, 2.75) is 148 Å². The Morgan fingerprint density at radius 2 is 1.12 bits per heavy atom. The highest BCUT2D eigenvalue weighted by atomic mass is 16.4. The first-order chi connectivity index (χ1) is 15.2. The summed E-state index contributed by atoms with van der Waals surface area (Å²) in [6.45, 7) is 14.5. The predicted octanol–water partition coefficient (Wildman–Crippen LogP) is 8.52. The average molecular weight is 447 g/mol. The Morgan fingerprint density at radius 3 is 1.62 bits per heavy atom. The molecule has 2 aliphatic rings. The number of hydrogen-bond donors (Lipinski definition) is 2. The maximum absolute atomic E-state index is 12.2. The van der Waals surface area contributed by atoms with Crippen molar-refractivity contribution in [1.29, 1.82) is 0 Å². The zero-order chi connectivity index (χ0) is 23.7. The van der Waals surface area contributed by atoms with Crippen molar-refractivity contribution in [2.75, 3.05) is 0 Å². The van der Waals surface area contributed by atoms with Crippen molar-refractivity contribution in [3.8, 4) is 0 Å². The number of allylic oxidation sites excluding steroid dienone is 2. The van der Waals surface area contributed by atoms with Gasteiger partial charge in [-0.3, -0.25) is 0 Å². The second-order valence-electron chi connectivity index (χ2n) is 11.8. The highest BCUT2D eigenvalue weighted by molar-refractivity contribution is 5.28. The summed E-state index contributed by atoms with van der Waals surface area (Å²) in [7, 11) is 0. The van der Waals surface area contributed by atoms with Crippen LogP contribution in [0.4, 0.5) is 0 Å². The van der Waals surface area contributed by atoms with E-state index < -0.39 is 11.2 Å². The van der Waals surface area contributed by atoms with Gasteiger partial charge in [-0.05, 0) is 62.7 Å². The third-order valence-electron chi connectivity index (χ3n) is 9.84. The van der Waals surface area contributed by atoms with Crippen LogP contribution in [0.25, 0.3) is 0 Å². The molecular weight excluding hydrogens is 392 g/mol. The summed E-state index contributed by atoms with van der Waals surface area (Å²) >= 11 is 0. The van der Waals surface area contributed by atoms with Crippen LogP contribution < -0.4 is 0 Å². The Morgan fingerprint density at radius 1 is 0.688 bits per heavy atom. The monoisotopic (exact) mass is 446 g/mol.